The molecule has 0 heterocycles. The topological polar surface area (TPSA) is 58.6 Å². The van der Waals surface area contributed by atoms with Gasteiger partial charge in [0.1, 0.15) is 11.8 Å². The lowest BCUT2D eigenvalue weighted by molar-refractivity contribution is -0.139. The van der Waals surface area contributed by atoms with Crippen molar-refractivity contribution in [3.05, 3.63) is 63.6 Å². The van der Waals surface area contributed by atoms with Gasteiger partial charge in [-0.05, 0) is 55.2 Å². The number of halogens is 2. The third kappa shape index (κ3) is 7.82. The lowest BCUT2D eigenvalue weighted by Crippen LogP contribution is -2.50. The maximum atomic E-state index is 13.3. The number of methoxy groups -OCH3 is 1. The first-order valence-corrected chi connectivity index (χ1v) is 13.5. The third-order valence-electron chi connectivity index (χ3n) is 6.11. The van der Waals surface area contributed by atoms with E-state index in [4.69, 9.17) is 27.9 Å². The highest BCUT2D eigenvalue weighted by Crippen LogP contribution is 2.25. The standard InChI is InChI=1S/C26H32Cl2N2O3S/c1-18(26(32)29-21-6-4-3-5-7-21)30(15-19-8-11-22(33-2)12-9-19)25(31)17-34-16-20-10-13-23(27)24(28)14-20/h8-14,18,21H,3-7,15-17H2,1-2H3,(H,29,32). The lowest BCUT2D eigenvalue weighted by Gasteiger charge is -2.31. The van der Waals surface area contributed by atoms with E-state index < -0.39 is 6.04 Å². The average Bonchev–Trinajstić information content (AvgIpc) is 2.85. The van der Waals surface area contributed by atoms with E-state index in [2.05, 4.69) is 5.32 Å². The molecule has 0 aliphatic heterocycles. The molecule has 34 heavy (non-hydrogen) atoms. The molecule has 1 aliphatic rings. The lowest BCUT2D eigenvalue weighted by atomic mass is 9.95. The van der Waals surface area contributed by atoms with Crippen LogP contribution in [0.3, 0.4) is 0 Å². The van der Waals surface area contributed by atoms with Crippen molar-refractivity contribution in [2.45, 2.75) is 63.4 Å². The molecule has 2 amide bonds. The Kier molecular flexibility index (Phi) is 10.4. The number of rotatable bonds is 10. The van der Waals surface area contributed by atoms with Crippen molar-refractivity contribution in [3.8, 4) is 5.75 Å². The Morgan fingerprint density at radius 3 is 2.38 bits per heavy atom. The number of carbonyl (C=O) groups excluding carboxylic acids is 2. The Balaban J connectivity index is 1.66. The van der Waals surface area contributed by atoms with Gasteiger partial charge >= 0.3 is 0 Å². The minimum atomic E-state index is -0.567. The predicted molar refractivity (Wildman–Crippen MR) is 141 cm³/mol. The summed E-state index contributed by atoms with van der Waals surface area (Å²) in [6.45, 7) is 2.17. The zero-order valence-corrected chi connectivity index (χ0v) is 22.0. The number of thioether (sulfide) groups is 1. The van der Waals surface area contributed by atoms with E-state index in [-0.39, 0.29) is 23.6 Å². The molecule has 1 unspecified atom stereocenters. The van der Waals surface area contributed by atoms with Crippen LogP contribution in [0.25, 0.3) is 0 Å². The molecule has 0 radical (unpaired) electrons. The molecular formula is C26H32Cl2N2O3S. The molecule has 0 spiro atoms. The Morgan fingerprint density at radius 1 is 1.06 bits per heavy atom. The zero-order valence-electron chi connectivity index (χ0n) is 19.7. The van der Waals surface area contributed by atoms with Crippen molar-refractivity contribution in [3.63, 3.8) is 0 Å². The highest BCUT2D eigenvalue weighted by atomic mass is 35.5. The number of hydrogen-bond acceptors (Lipinski definition) is 4. The summed E-state index contributed by atoms with van der Waals surface area (Å²) < 4.78 is 5.24. The molecule has 1 atom stereocenters. The summed E-state index contributed by atoms with van der Waals surface area (Å²) >= 11 is 13.6. The highest BCUT2D eigenvalue weighted by molar-refractivity contribution is 7.99. The Labute approximate surface area is 216 Å². The van der Waals surface area contributed by atoms with E-state index >= 15 is 0 Å². The van der Waals surface area contributed by atoms with Gasteiger partial charge in [-0.25, -0.2) is 0 Å². The van der Waals surface area contributed by atoms with Crippen LogP contribution in [-0.2, 0) is 21.9 Å². The molecule has 1 fully saturated rings. The van der Waals surface area contributed by atoms with Gasteiger partial charge in [-0.1, -0.05) is 60.7 Å². The van der Waals surface area contributed by atoms with Crippen molar-refractivity contribution >= 4 is 46.8 Å². The van der Waals surface area contributed by atoms with Crippen LogP contribution in [0.4, 0.5) is 0 Å². The van der Waals surface area contributed by atoms with E-state index in [1.807, 2.05) is 43.3 Å². The number of nitrogens with one attached hydrogen (secondary N) is 1. The molecule has 8 heteroatoms. The summed E-state index contributed by atoms with van der Waals surface area (Å²) in [6.07, 6.45) is 5.51. The van der Waals surface area contributed by atoms with Crippen molar-refractivity contribution in [1.29, 1.82) is 0 Å². The summed E-state index contributed by atoms with van der Waals surface area (Å²) in [4.78, 5) is 28.0. The smallest absolute Gasteiger partial charge is 0.242 e. The van der Waals surface area contributed by atoms with Crippen molar-refractivity contribution in [2.75, 3.05) is 12.9 Å². The van der Waals surface area contributed by atoms with Gasteiger partial charge in [0, 0.05) is 18.3 Å². The van der Waals surface area contributed by atoms with Gasteiger partial charge in [0.05, 0.1) is 22.9 Å². The van der Waals surface area contributed by atoms with Crippen LogP contribution in [0.2, 0.25) is 10.0 Å². The van der Waals surface area contributed by atoms with Crippen LogP contribution in [0.15, 0.2) is 42.5 Å². The average molecular weight is 524 g/mol. The quantitative estimate of drug-likeness (QED) is 0.409. The summed E-state index contributed by atoms with van der Waals surface area (Å²) in [6, 6.07) is 12.7. The number of amides is 2. The van der Waals surface area contributed by atoms with Crippen LogP contribution >= 0.6 is 35.0 Å². The molecule has 184 valence electrons. The second-order valence-electron chi connectivity index (χ2n) is 8.63. The molecule has 1 aliphatic carbocycles. The Hall–Kier alpha value is -1.89. The number of hydrogen-bond donors (Lipinski definition) is 1. The fourth-order valence-corrected chi connectivity index (χ4v) is 5.23. The second kappa shape index (κ2) is 13.3. The van der Waals surface area contributed by atoms with Gasteiger partial charge in [-0.3, -0.25) is 9.59 Å². The minimum Gasteiger partial charge on any atom is -0.497 e. The Morgan fingerprint density at radius 2 is 1.74 bits per heavy atom. The van der Waals surface area contributed by atoms with Gasteiger partial charge in [-0.15, -0.1) is 11.8 Å². The first kappa shape index (κ1) is 26.7. The molecule has 2 aromatic rings. The van der Waals surface area contributed by atoms with E-state index in [0.717, 1.165) is 42.6 Å². The maximum Gasteiger partial charge on any atom is 0.242 e. The molecule has 1 N–H and O–H groups in total. The normalized spacial score (nSPS) is 14.9. The molecule has 1 saturated carbocycles. The van der Waals surface area contributed by atoms with Crippen molar-refractivity contribution in [1.82, 2.24) is 10.2 Å². The summed E-state index contributed by atoms with van der Waals surface area (Å²) in [7, 11) is 1.62. The first-order valence-electron chi connectivity index (χ1n) is 11.6. The molecular weight excluding hydrogens is 491 g/mol. The van der Waals surface area contributed by atoms with Gasteiger partial charge in [0.15, 0.2) is 0 Å². The largest absolute Gasteiger partial charge is 0.497 e. The summed E-state index contributed by atoms with van der Waals surface area (Å²) in [5.74, 6) is 1.47. The SMILES string of the molecule is COc1ccc(CN(C(=O)CSCc2ccc(Cl)c(Cl)c2)C(C)C(=O)NC2CCCCC2)cc1. The van der Waals surface area contributed by atoms with E-state index in [9.17, 15) is 9.59 Å². The molecule has 2 aromatic carbocycles. The van der Waals surface area contributed by atoms with Crippen molar-refractivity contribution in [2.24, 2.45) is 0 Å². The molecule has 5 nitrogen and oxygen atoms in total. The minimum absolute atomic E-state index is 0.0767. The highest BCUT2D eigenvalue weighted by Gasteiger charge is 2.28. The van der Waals surface area contributed by atoms with Crippen LogP contribution in [0.5, 0.6) is 5.75 Å². The zero-order chi connectivity index (χ0) is 24.5. The number of ether oxygens (including phenoxy) is 1. The van der Waals surface area contributed by atoms with Gasteiger partial charge in [0.25, 0.3) is 0 Å². The fraction of sp³-hybridized carbons (Fsp3) is 0.462. The van der Waals surface area contributed by atoms with Crippen molar-refractivity contribution < 1.29 is 14.3 Å². The maximum absolute atomic E-state index is 13.3. The predicted octanol–water partition coefficient (Wildman–Crippen LogP) is 6.10. The summed E-state index contributed by atoms with van der Waals surface area (Å²) in [5.41, 5.74) is 1.94. The van der Waals surface area contributed by atoms with Gasteiger partial charge in [-0.2, -0.15) is 0 Å². The van der Waals surface area contributed by atoms with E-state index in [0.29, 0.717) is 22.3 Å². The number of benzene rings is 2. The molecule has 0 aromatic heterocycles. The monoisotopic (exact) mass is 522 g/mol. The summed E-state index contributed by atoms with van der Waals surface area (Å²) in [5, 5.41) is 4.17. The van der Waals surface area contributed by atoms with Crippen LogP contribution in [0.1, 0.15) is 50.2 Å². The van der Waals surface area contributed by atoms with Gasteiger partial charge in [0.2, 0.25) is 11.8 Å². The van der Waals surface area contributed by atoms with E-state index in [1.165, 1.54) is 18.2 Å². The van der Waals surface area contributed by atoms with Gasteiger partial charge < -0.3 is 15.0 Å². The molecule has 0 saturated heterocycles. The first-order chi connectivity index (χ1) is 16.4. The van der Waals surface area contributed by atoms with E-state index in [1.54, 1.807) is 18.1 Å². The number of nitrogens with zero attached hydrogens (tertiary/aromatic N) is 1. The Bertz CT molecular complexity index is 965. The van der Waals surface area contributed by atoms with Crippen LogP contribution < -0.4 is 10.1 Å². The third-order valence-corrected chi connectivity index (χ3v) is 7.84. The molecule has 0 bridgehead atoms. The number of carbonyl (C=O) groups is 2. The fourth-order valence-electron chi connectivity index (χ4n) is 4.05. The van der Waals surface area contributed by atoms with Crippen LogP contribution in [0, 0.1) is 0 Å². The van der Waals surface area contributed by atoms with Crippen LogP contribution in [-0.4, -0.2) is 41.7 Å². The molecule has 3 rings (SSSR count). The second-order valence-corrected chi connectivity index (χ2v) is 10.4.